The zero-order valence-electron chi connectivity index (χ0n) is 16.7. The highest BCUT2D eigenvalue weighted by Crippen LogP contribution is 2.31. The Labute approximate surface area is 159 Å². The third-order valence-electron chi connectivity index (χ3n) is 3.81. The van der Waals surface area contributed by atoms with Crippen LogP contribution in [0.1, 0.15) is 54.4 Å². The van der Waals surface area contributed by atoms with Crippen LogP contribution in [0.2, 0.25) is 0 Å². The first kappa shape index (κ1) is 22.7. The number of hydrogen-bond donors (Lipinski definition) is 1. The van der Waals surface area contributed by atoms with E-state index in [1.807, 2.05) is 0 Å². The van der Waals surface area contributed by atoms with Gasteiger partial charge in [-0.2, -0.15) is 0 Å². The van der Waals surface area contributed by atoms with Crippen LogP contribution in [0, 0.1) is 5.92 Å². The molecule has 1 N–H and O–H groups in total. The SMILES string of the molecule is CCOC(=O)[C@H]1CC[C@H](OC(C)=O)[C@@H](OC(C)=O)[C@@H]1NC(=O)OC(C)(C)C. The van der Waals surface area contributed by atoms with Gasteiger partial charge in [0.25, 0.3) is 0 Å². The number of ether oxygens (including phenoxy) is 4. The van der Waals surface area contributed by atoms with Gasteiger partial charge in [0.1, 0.15) is 11.7 Å². The average Bonchev–Trinajstić information content (AvgIpc) is 2.47. The van der Waals surface area contributed by atoms with Gasteiger partial charge in [0.05, 0.1) is 18.6 Å². The van der Waals surface area contributed by atoms with Crippen molar-refractivity contribution in [3.05, 3.63) is 0 Å². The molecule has 9 heteroatoms. The van der Waals surface area contributed by atoms with E-state index in [-0.39, 0.29) is 19.4 Å². The van der Waals surface area contributed by atoms with E-state index in [1.165, 1.54) is 13.8 Å². The molecule has 0 heterocycles. The lowest BCUT2D eigenvalue weighted by Gasteiger charge is -2.40. The van der Waals surface area contributed by atoms with Gasteiger partial charge in [0, 0.05) is 13.8 Å². The van der Waals surface area contributed by atoms with Crippen molar-refractivity contribution in [1.82, 2.24) is 5.32 Å². The van der Waals surface area contributed by atoms with Gasteiger partial charge < -0.3 is 24.3 Å². The van der Waals surface area contributed by atoms with E-state index in [1.54, 1.807) is 27.7 Å². The zero-order chi connectivity index (χ0) is 20.8. The molecular formula is C18H29NO8. The molecule has 0 bridgehead atoms. The Morgan fingerprint density at radius 2 is 1.59 bits per heavy atom. The monoisotopic (exact) mass is 387 g/mol. The molecule has 0 aliphatic heterocycles. The first-order valence-corrected chi connectivity index (χ1v) is 8.95. The molecule has 1 aliphatic carbocycles. The number of amides is 1. The molecule has 0 spiro atoms. The summed E-state index contributed by atoms with van der Waals surface area (Å²) < 4.78 is 20.9. The quantitative estimate of drug-likeness (QED) is 0.560. The Balaban J connectivity index is 3.15. The van der Waals surface area contributed by atoms with Gasteiger partial charge >= 0.3 is 24.0 Å². The molecule has 9 nitrogen and oxygen atoms in total. The lowest BCUT2D eigenvalue weighted by molar-refractivity contribution is -0.178. The van der Waals surface area contributed by atoms with Crippen LogP contribution in [-0.4, -0.2) is 54.5 Å². The molecule has 1 rings (SSSR count). The Morgan fingerprint density at radius 1 is 1.00 bits per heavy atom. The zero-order valence-corrected chi connectivity index (χ0v) is 16.7. The van der Waals surface area contributed by atoms with Crippen molar-refractivity contribution in [1.29, 1.82) is 0 Å². The maximum atomic E-state index is 12.4. The Bertz CT molecular complexity index is 568. The maximum absolute atomic E-state index is 12.4. The first-order chi connectivity index (χ1) is 12.4. The molecule has 0 aromatic carbocycles. The van der Waals surface area contributed by atoms with Crippen molar-refractivity contribution in [2.75, 3.05) is 6.61 Å². The summed E-state index contributed by atoms with van der Waals surface area (Å²) in [7, 11) is 0. The smallest absolute Gasteiger partial charge is 0.408 e. The van der Waals surface area contributed by atoms with Crippen molar-refractivity contribution in [2.45, 2.75) is 78.2 Å². The van der Waals surface area contributed by atoms with E-state index in [0.29, 0.717) is 0 Å². The van der Waals surface area contributed by atoms with Crippen LogP contribution < -0.4 is 5.32 Å². The van der Waals surface area contributed by atoms with Crippen LogP contribution in [0.3, 0.4) is 0 Å². The van der Waals surface area contributed by atoms with E-state index in [2.05, 4.69) is 5.32 Å². The van der Waals surface area contributed by atoms with Gasteiger partial charge in [0.2, 0.25) is 0 Å². The normalized spacial score (nSPS) is 25.1. The molecule has 4 atom stereocenters. The number of rotatable bonds is 5. The fourth-order valence-electron chi connectivity index (χ4n) is 2.97. The van der Waals surface area contributed by atoms with Crippen LogP contribution >= 0.6 is 0 Å². The fraction of sp³-hybridized carbons (Fsp3) is 0.778. The second kappa shape index (κ2) is 9.57. The van der Waals surface area contributed by atoms with Crippen molar-refractivity contribution in [3.63, 3.8) is 0 Å². The summed E-state index contributed by atoms with van der Waals surface area (Å²) in [4.78, 5) is 47.6. The minimum Gasteiger partial charge on any atom is -0.466 e. The summed E-state index contributed by atoms with van der Waals surface area (Å²) in [6, 6.07) is -0.957. The summed E-state index contributed by atoms with van der Waals surface area (Å²) in [5.74, 6) is -2.48. The van der Waals surface area contributed by atoms with Gasteiger partial charge in [-0.3, -0.25) is 14.4 Å². The molecular weight excluding hydrogens is 358 g/mol. The van der Waals surface area contributed by atoms with Gasteiger partial charge in [-0.25, -0.2) is 4.79 Å². The van der Waals surface area contributed by atoms with E-state index in [4.69, 9.17) is 18.9 Å². The van der Waals surface area contributed by atoms with Crippen molar-refractivity contribution in [3.8, 4) is 0 Å². The third kappa shape index (κ3) is 7.44. The molecule has 1 amide bonds. The number of carbonyl (C=O) groups is 4. The number of hydrogen-bond acceptors (Lipinski definition) is 8. The molecule has 0 unspecified atom stereocenters. The predicted octanol–water partition coefficient (Wildman–Crippen LogP) is 1.72. The van der Waals surface area contributed by atoms with E-state index >= 15 is 0 Å². The van der Waals surface area contributed by atoms with Gasteiger partial charge in [0.15, 0.2) is 6.10 Å². The minimum atomic E-state index is -1.04. The van der Waals surface area contributed by atoms with Gasteiger partial charge in [-0.1, -0.05) is 0 Å². The Hall–Kier alpha value is -2.32. The highest BCUT2D eigenvalue weighted by molar-refractivity contribution is 5.76. The van der Waals surface area contributed by atoms with E-state index < -0.39 is 53.8 Å². The van der Waals surface area contributed by atoms with Crippen LogP contribution in [-0.2, 0) is 33.3 Å². The number of carbonyl (C=O) groups excluding carboxylic acids is 4. The molecule has 0 radical (unpaired) electrons. The van der Waals surface area contributed by atoms with E-state index in [0.717, 1.165) is 0 Å². The molecule has 27 heavy (non-hydrogen) atoms. The predicted molar refractivity (Wildman–Crippen MR) is 93.6 cm³/mol. The van der Waals surface area contributed by atoms with Crippen LogP contribution in [0.5, 0.6) is 0 Å². The van der Waals surface area contributed by atoms with Crippen LogP contribution in [0.4, 0.5) is 4.79 Å². The number of esters is 3. The van der Waals surface area contributed by atoms with Crippen LogP contribution in [0.15, 0.2) is 0 Å². The van der Waals surface area contributed by atoms with Crippen molar-refractivity contribution >= 4 is 24.0 Å². The Kier molecular flexibility index (Phi) is 8.05. The molecule has 0 aromatic heterocycles. The Morgan fingerprint density at radius 3 is 2.07 bits per heavy atom. The highest BCUT2D eigenvalue weighted by atomic mass is 16.6. The molecule has 1 aliphatic rings. The lowest BCUT2D eigenvalue weighted by Crippen LogP contribution is -2.60. The fourth-order valence-corrected chi connectivity index (χ4v) is 2.97. The van der Waals surface area contributed by atoms with E-state index in [9.17, 15) is 19.2 Å². The summed E-state index contributed by atoms with van der Waals surface area (Å²) in [6.07, 6.45) is -2.04. The minimum absolute atomic E-state index is 0.167. The van der Waals surface area contributed by atoms with Gasteiger partial charge in [-0.05, 0) is 40.5 Å². The molecule has 154 valence electrons. The van der Waals surface area contributed by atoms with Crippen molar-refractivity contribution < 1.29 is 38.1 Å². The second-order valence-corrected chi connectivity index (χ2v) is 7.33. The molecule has 0 aromatic rings. The van der Waals surface area contributed by atoms with Crippen LogP contribution in [0.25, 0.3) is 0 Å². The summed E-state index contributed by atoms with van der Waals surface area (Å²) in [5, 5.41) is 2.59. The number of alkyl carbamates (subject to hydrolysis) is 1. The number of nitrogens with one attached hydrogen (secondary N) is 1. The second-order valence-electron chi connectivity index (χ2n) is 7.33. The first-order valence-electron chi connectivity index (χ1n) is 8.95. The van der Waals surface area contributed by atoms with Crippen molar-refractivity contribution in [2.24, 2.45) is 5.92 Å². The summed E-state index contributed by atoms with van der Waals surface area (Å²) in [5.41, 5.74) is -0.760. The average molecular weight is 387 g/mol. The topological polar surface area (TPSA) is 117 Å². The largest absolute Gasteiger partial charge is 0.466 e. The molecule has 0 saturated heterocycles. The molecule has 1 fully saturated rings. The summed E-state index contributed by atoms with van der Waals surface area (Å²) >= 11 is 0. The highest BCUT2D eigenvalue weighted by Gasteiger charge is 2.48. The lowest BCUT2D eigenvalue weighted by atomic mass is 9.80. The van der Waals surface area contributed by atoms with Gasteiger partial charge in [-0.15, -0.1) is 0 Å². The summed E-state index contributed by atoms with van der Waals surface area (Å²) in [6.45, 7) is 9.36. The standard InChI is InChI=1S/C18H29NO8/c1-7-24-16(22)12-8-9-13(25-10(2)20)15(26-11(3)21)14(12)19-17(23)27-18(4,5)6/h12-15H,7-9H2,1-6H3,(H,19,23)/t12-,13-,14+,15+/m0/s1. The maximum Gasteiger partial charge on any atom is 0.408 e. The molecule has 1 saturated carbocycles. The third-order valence-corrected chi connectivity index (χ3v) is 3.81.